The maximum absolute atomic E-state index is 5.82. The van der Waals surface area contributed by atoms with Crippen LogP contribution >= 0.6 is 11.6 Å². The molecule has 62 valence electrons. The van der Waals surface area contributed by atoms with Crippen LogP contribution in [0.25, 0.3) is 0 Å². The summed E-state index contributed by atoms with van der Waals surface area (Å²) in [5, 5.41) is 0.775. The Hall–Kier alpha value is -0.930. The highest BCUT2D eigenvalue weighted by atomic mass is 35.5. The fourth-order valence-corrected chi connectivity index (χ4v) is 1.29. The molecule has 0 aliphatic carbocycles. The van der Waals surface area contributed by atoms with Gasteiger partial charge in [-0.15, -0.1) is 12.3 Å². The Morgan fingerprint density at radius 1 is 1.58 bits per heavy atom. The van der Waals surface area contributed by atoms with E-state index in [-0.39, 0.29) is 5.92 Å². The average Bonchev–Trinajstić information content (AvgIpc) is 2.04. The number of hydrogen-bond acceptors (Lipinski definition) is 0. The summed E-state index contributed by atoms with van der Waals surface area (Å²) in [7, 11) is 0. The molecule has 0 heterocycles. The fraction of sp³-hybridized carbons (Fsp3) is 0.273. The lowest BCUT2D eigenvalue weighted by atomic mass is 10.0. The van der Waals surface area contributed by atoms with Gasteiger partial charge in [-0.2, -0.15) is 0 Å². The van der Waals surface area contributed by atoms with E-state index in [9.17, 15) is 0 Å². The molecule has 1 aromatic rings. The maximum Gasteiger partial charge on any atom is 0.0408 e. The van der Waals surface area contributed by atoms with Crippen LogP contribution in [-0.4, -0.2) is 0 Å². The molecule has 1 atom stereocenters. The Kier molecular flexibility index (Phi) is 3.19. The summed E-state index contributed by atoms with van der Waals surface area (Å²) in [5.74, 6) is 2.97. The van der Waals surface area contributed by atoms with Crippen LogP contribution in [0.3, 0.4) is 0 Å². The normalized spacial score (nSPS) is 12.1. The summed E-state index contributed by atoms with van der Waals surface area (Å²) >= 11 is 5.82. The lowest BCUT2D eigenvalue weighted by Crippen LogP contribution is -1.95. The Labute approximate surface area is 78.6 Å². The van der Waals surface area contributed by atoms with Crippen LogP contribution in [0.2, 0.25) is 5.02 Å². The van der Waals surface area contributed by atoms with Crippen LogP contribution in [0.1, 0.15) is 12.5 Å². The van der Waals surface area contributed by atoms with Crippen LogP contribution in [0.5, 0.6) is 0 Å². The monoisotopic (exact) mass is 178 g/mol. The molecule has 0 aromatic heterocycles. The lowest BCUT2D eigenvalue weighted by molar-refractivity contribution is 0.751. The number of rotatable bonds is 2. The topological polar surface area (TPSA) is 0 Å². The molecule has 0 saturated carbocycles. The van der Waals surface area contributed by atoms with Crippen molar-refractivity contribution in [2.45, 2.75) is 13.3 Å². The number of hydrogen-bond donors (Lipinski definition) is 0. The first-order chi connectivity index (χ1) is 5.72. The van der Waals surface area contributed by atoms with Crippen molar-refractivity contribution in [1.82, 2.24) is 0 Å². The molecule has 1 aromatic carbocycles. The second kappa shape index (κ2) is 4.18. The summed E-state index contributed by atoms with van der Waals surface area (Å²) in [6, 6.07) is 7.81. The van der Waals surface area contributed by atoms with Gasteiger partial charge in [-0.05, 0) is 24.1 Å². The molecule has 0 radical (unpaired) electrons. The Morgan fingerprint density at radius 3 is 2.92 bits per heavy atom. The minimum atomic E-state index is 0.281. The zero-order valence-electron chi connectivity index (χ0n) is 7.05. The molecular weight excluding hydrogens is 168 g/mol. The summed E-state index contributed by atoms with van der Waals surface area (Å²) in [6.07, 6.45) is 6.17. The van der Waals surface area contributed by atoms with Crippen molar-refractivity contribution in [3.8, 4) is 12.3 Å². The van der Waals surface area contributed by atoms with Crippen molar-refractivity contribution in [2.24, 2.45) is 5.92 Å². The molecule has 0 spiro atoms. The predicted octanol–water partition coefficient (Wildman–Crippen LogP) is 3.15. The van der Waals surface area contributed by atoms with Gasteiger partial charge in [0, 0.05) is 10.9 Å². The molecule has 0 saturated heterocycles. The van der Waals surface area contributed by atoms with Gasteiger partial charge >= 0.3 is 0 Å². The highest BCUT2D eigenvalue weighted by Gasteiger charge is 1.99. The third-order valence-electron chi connectivity index (χ3n) is 1.72. The smallest absolute Gasteiger partial charge is 0.0408 e. The summed E-state index contributed by atoms with van der Waals surface area (Å²) in [6.45, 7) is 2.03. The fourth-order valence-electron chi connectivity index (χ4n) is 1.08. The molecule has 12 heavy (non-hydrogen) atoms. The van der Waals surface area contributed by atoms with E-state index < -0.39 is 0 Å². The van der Waals surface area contributed by atoms with Gasteiger partial charge < -0.3 is 0 Å². The van der Waals surface area contributed by atoms with E-state index in [0.717, 1.165) is 11.4 Å². The lowest BCUT2D eigenvalue weighted by Gasteiger charge is -2.03. The molecule has 0 aliphatic heterocycles. The van der Waals surface area contributed by atoms with Gasteiger partial charge in [-0.1, -0.05) is 30.7 Å². The van der Waals surface area contributed by atoms with Crippen molar-refractivity contribution >= 4 is 11.6 Å². The van der Waals surface area contributed by atoms with Crippen LogP contribution < -0.4 is 0 Å². The third-order valence-corrected chi connectivity index (χ3v) is 1.95. The van der Waals surface area contributed by atoms with Gasteiger partial charge in [-0.3, -0.25) is 0 Å². The molecule has 1 unspecified atom stereocenters. The zero-order chi connectivity index (χ0) is 8.97. The quantitative estimate of drug-likeness (QED) is 0.611. The summed E-state index contributed by atoms with van der Waals surface area (Å²) in [5.41, 5.74) is 1.20. The number of halogens is 1. The van der Waals surface area contributed by atoms with Crippen LogP contribution in [0.15, 0.2) is 24.3 Å². The van der Waals surface area contributed by atoms with Crippen molar-refractivity contribution in [2.75, 3.05) is 0 Å². The SMILES string of the molecule is C#CC(C)Cc1cccc(Cl)c1. The average molecular weight is 179 g/mol. The standard InChI is InChI=1S/C11H11Cl/c1-3-9(2)7-10-5-4-6-11(12)8-10/h1,4-6,8-9H,7H2,2H3. The molecule has 0 amide bonds. The van der Waals surface area contributed by atoms with Gasteiger partial charge in [-0.25, -0.2) is 0 Å². The minimum absolute atomic E-state index is 0.281. The Morgan fingerprint density at radius 2 is 2.33 bits per heavy atom. The first-order valence-corrected chi connectivity index (χ1v) is 4.30. The van der Waals surface area contributed by atoms with Crippen molar-refractivity contribution in [3.63, 3.8) is 0 Å². The molecule has 0 fully saturated rings. The van der Waals surface area contributed by atoms with Gasteiger partial charge in [0.2, 0.25) is 0 Å². The largest absolute Gasteiger partial charge is 0.120 e. The first-order valence-electron chi connectivity index (χ1n) is 3.93. The Bertz CT molecular complexity index is 296. The molecule has 1 rings (SSSR count). The van der Waals surface area contributed by atoms with Gasteiger partial charge in [0.15, 0.2) is 0 Å². The van der Waals surface area contributed by atoms with E-state index in [1.54, 1.807) is 0 Å². The number of benzene rings is 1. The summed E-state index contributed by atoms with van der Waals surface area (Å²) < 4.78 is 0. The van der Waals surface area contributed by atoms with Gasteiger partial charge in [0.1, 0.15) is 0 Å². The number of terminal acetylenes is 1. The second-order valence-corrected chi connectivity index (χ2v) is 3.34. The minimum Gasteiger partial charge on any atom is -0.120 e. The molecule has 0 aliphatic rings. The van der Waals surface area contributed by atoms with E-state index in [1.807, 2.05) is 31.2 Å². The predicted molar refractivity (Wildman–Crippen MR) is 53.2 cm³/mol. The van der Waals surface area contributed by atoms with Crippen LogP contribution in [-0.2, 0) is 6.42 Å². The van der Waals surface area contributed by atoms with E-state index in [4.69, 9.17) is 18.0 Å². The summed E-state index contributed by atoms with van der Waals surface area (Å²) in [4.78, 5) is 0. The molecule has 0 nitrogen and oxygen atoms in total. The van der Waals surface area contributed by atoms with Crippen LogP contribution in [0, 0.1) is 18.3 Å². The third kappa shape index (κ3) is 2.60. The van der Waals surface area contributed by atoms with Crippen LogP contribution in [0.4, 0.5) is 0 Å². The molecular formula is C11H11Cl. The van der Waals surface area contributed by atoms with Crippen molar-refractivity contribution in [1.29, 1.82) is 0 Å². The van der Waals surface area contributed by atoms with E-state index in [2.05, 4.69) is 5.92 Å². The molecule has 0 N–H and O–H groups in total. The van der Waals surface area contributed by atoms with E-state index >= 15 is 0 Å². The van der Waals surface area contributed by atoms with Gasteiger partial charge in [0.05, 0.1) is 0 Å². The zero-order valence-corrected chi connectivity index (χ0v) is 7.81. The highest BCUT2D eigenvalue weighted by molar-refractivity contribution is 6.30. The van der Waals surface area contributed by atoms with Gasteiger partial charge in [0.25, 0.3) is 0 Å². The Balaban J connectivity index is 2.71. The highest BCUT2D eigenvalue weighted by Crippen LogP contribution is 2.13. The molecule has 0 bridgehead atoms. The maximum atomic E-state index is 5.82. The van der Waals surface area contributed by atoms with Crippen molar-refractivity contribution in [3.05, 3.63) is 34.9 Å². The second-order valence-electron chi connectivity index (χ2n) is 2.90. The van der Waals surface area contributed by atoms with Crippen molar-refractivity contribution < 1.29 is 0 Å². The van der Waals surface area contributed by atoms with E-state index in [1.165, 1.54) is 5.56 Å². The molecule has 1 heteroatoms. The first kappa shape index (κ1) is 9.16. The van der Waals surface area contributed by atoms with E-state index in [0.29, 0.717) is 0 Å².